The Morgan fingerprint density at radius 2 is 1.71 bits per heavy atom. The van der Waals surface area contributed by atoms with E-state index in [0.29, 0.717) is 12.1 Å². The first kappa shape index (κ1) is 21.3. The first-order valence-corrected chi connectivity index (χ1v) is 9.67. The van der Waals surface area contributed by atoms with E-state index in [9.17, 15) is 26.8 Å². The number of hydrogen-bond donors (Lipinski definition) is 2. The molecule has 0 bridgehead atoms. The first-order valence-electron chi connectivity index (χ1n) is 8.19. The number of amides is 1. The SMILES string of the molecule is CCOC(=O)C(C)NC(=O)c1ccc(NS(=O)(=O)c2ccc(F)c(F)c2)cc1. The molecule has 0 saturated carbocycles. The van der Waals surface area contributed by atoms with Crippen LogP contribution in [0.1, 0.15) is 24.2 Å². The summed E-state index contributed by atoms with van der Waals surface area (Å²) in [5.41, 5.74) is 0.298. The van der Waals surface area contributed by atoms with Crippen molar-refractivity contribution in [2.75, 3.05) is 11.3 Å². The molecule has 28 heavy (non-hydrogen) atoms. The van der Waals surface area contributed by atoms with E-state index in [0.717, 1.165) is 6.07 Å². The lowest BCUT2D eigenvalue weighted by Gasteiger charge is -2.13. The predicted molar refractivity (Wildman–Crippen MR) is 97.2 cm³/mol. The quantitative estimate of drug-likeness (QED) is 0.681. The van der Waals surface area contributed by atoms with Gasteiger partial charge in [-0.1, -0.05) is 0 Å². The van der Waals surface area contributed by atoms with Gasteiger partial charge in [-0.3, -0.25) is 9.52 Å². The highest BCUT2D eigenvalue weighted by Crippen LogP contribution is 2.18. The Kier molecular flexibility index (Phi) is 6.68. The maximum absolute atomic E-state index is 13.3. The van der Waals surface area contributed by atoms with Gasteiger partial charge in [0.05, 0.1) is 11.5 Å². The number of halogens is 2. The molecular weight excluding hydrogens is 394 g/mol. The molecule has 0 fully saturated rings. The molecule has 2 aromatic rings. The van der Waals surface area contributed by atoms with Gasteiger partial charge in [-0.15, -0.1) is 0 Å². The highest BCUT2D eigenvalue weighted by Gasteiger charge is 2.19. The lowest BCUT2D eigenvalue weighted by molar-refractivity contribution is -0.144. The largest absolute Gasteiger partial charge is 0.464 e. The lowest BCUT2D eigenvalue weighted by Crippen LogP contribution is -2.39. The molecule has 10 heteroatoms. The van der Waals surface area contributed by atoms with Crippen LogP contribution in [0, 0.1) is 11.6 Å². The summed E-state index contributed by atoms with van der Waals surface area (Å²) in [7, 11) is -4.14. The molecule has 150 valence electrons. The number of ether oxygens (including phenoxy) is 1. The molecule has 0 aromatic heterocycles. The van der Waals surface area contributed by atoms with Crippen LogP contribution >= 0.6 is 0 Å². The van der Waals surface area contributed by atoms with Crippen molar-refractivity contribution >= 4 is 27.6 Å². The van der Waals surface area contributed by atoms with Crippen LogP contribution in [-0.2, 0) is 19.6 Å². The highest BCUT2D eigenvalue weighted by molar-refractivity contribution is 7.92. The van der Waals surface area contributed by atoms with E-state index in [1.54, 1.807) is 6.92 Å². The van der Waals surface area contributed by atoms with Gasteiger partial charge in [-0.05, 0) is 56.3 Å². The van der Waals surface area contributed by atoms with Crippen LogP contribution in [0.3, 0.4) is 0 Å². The van der Waals surface area contributed by atoms with Crippen molar-refractivity contribution < 1.29 is 31.5 Å². The fourth-order valence-corrected chi connectivity index (χ4v) is 3.22. The van der Waals surface area contributed by atoms with Gasteiger partial charge in [0, 0.05) is 11.3 Å². The fraction of sp³-hybridized carbons (Fsp3) is 0.222. The van der Waals surface area contributed by atoms with Crippen LogP contribution in [0.4, 0.5) is 14.5 Å². The van der Waals surface area contributed by atoms with Crippen LogP contribution in [0.15, 0.2) is 47.4 Å². The van der Waals surface area contributed by atoms with Crippen molar-refractivity contribution in [2.24, 2.45) is 0 Å². The van der Waals surface area contributed by atoms with Gasteiger partial charge >= 0.3 is 5.97 Å². The lowest BCUT2D eigenvalue weighted by atomic mass is 10.2. The summed E-state index contributed by atoms with van der Waals surface area (Å²) in [6, 6.07) is 6.69. The zero-order chi connectivity index (χ0) is 20.9. The van der Waals surface area contributed by atoms with Crippen LogP contribution in [-0.4, -0.2) is 32.9 Å². The Morgan fingerprint density at radius 1 is 1.07 bits per heavy atom. The van der Waals surface area contributed by atoms with Crippen LogP contribution in [0.5, 0.6) is 0 Å². The number of carbonyl (C=O) groups is 2. The number of nitrogens with one attached hydrogen (secondary N) is 2. The average Bonchev–Trinajstić information content (AvgIpc) is 2.64. The second kappa shape index (κ2) is 8.79. The van der Waals surface area contributed by atoms with E-state index < -0.39 is 44.5 Å². The molecule has 0 heterocycles. The van der Waals surface area contributed by atoms with E-state index in [-0.39, 0.29) is 17.9 Å². The summed E-state index contributed by atoms with van der Waals surface area (Å²) < 4.78 is 57.7. The molecule has 0 aliphatic heterocycles. The van der Waals surface area contributed by atoms with E-state index in [1.165, 1.54) is 31.2 Å². The molecule has 0 aliphatic carbocycles. The standard InChI is InChI=1S/C18H18F2N2O5S/c1-3-27-18(24)11(2)21-17(23)12-4-6-13(7-5-12)22-28(25,26)14-8-9-15(19)16(20)10-14/h4-11,22H,3H2,1-2H3,(H,21,23). The van der Waals surface area contributed by atoms with Crippen molar-refractivity contribution in [3.8, 4) is 0 Å². The monoisotopic (exact) mass is 412 g/mol. The minimum Gasteiger partial charge on any atom is -0.464 e. The number of hydrogen-bond acceptors (Lipinski definition) is 5. The number of anilines is 1. The second-order valence-electron chi connectivity index (χ2n) is 5.71. The Labute approximate surface area is 160 Å². The summed E-state index contributed by atoms with van der Waals surface area (Å²) in [5.74, 6) is -3.57. The normalized spacial score (nSPS) is 12.1. The third-order valence-corrected chi connectivity index (χ3v) is 4.97. The molecule has 2 rings (SSSR count). The van der Waals surface area contributed by atoms with Crippen LogP contribution in [0.25, 0.3) is 0 Å². The molecular formula is C18H18F2N2O5S. The minimum absolute atomic E-state index is 0.111. The summed E-state index contributed by atoms with van der Waals surface area (Å²) >= 11 is 0. The summed E-state index contributed by atoms with van der Waals surface area (Å²) in [6.07, 6.45) is 0. The molecule has 0 saturated heterocycles. The fourth-order valence-electron chi connectivity index (χ4n) is 2.15. The van der Waals surface area contributed by atoms with E-state index >= 15 is 0 Å². The van der Waals surface area contributed by atoms with Crippen molar-refractivity contribution in [2.45, 2.75) is 24.8 Å². The average molecular weight is 412 g/mol. The van der Waals surface area contributed by atoms with E-state index in [1.807, 2.05) is 0 Å². The van der Waals surface area contributed by atoms with Gasteiger partial charge in [-0.25, -0.2) is 22.0 Å². The highest BCUT2D eigenvalue weighted by atomic mass is 32.2. The van der Waals surface area contributed by atoms with E-state index in [2.05, 4.69) is 10.0 Å². The van der Waals surface area contributed by atoms with Crippen molar-refractivity contribution in [1.29, 1.82) is 0 Å². The number of rotatable bonds is 7. The number of benzene rings is 2. The van der Waals surface area contributed by atoms with Crippen molar-refractivity contribution in [1.82, 2.24) is 5.32 Å². The smallest absolute Gasteiger partial charge is 0.328 e. The molecule has 1 amide bonds. The van der Waals surface area contributed by atoms with Gasteiger partial charge in [0.25, 0.3) is 15.9 Å². The Morgan fingerprint density at radius 3 is 2.29 bits per heavy atom. The molecule has 0 aliphatic rings. The maximum atomic E-state index is 13.3. The number of sulfonamides is 1. The minimum atomic E-state index is -4.14. The van der Waals surface area contributed by atoms with Gasteiger partial charge in [0.1, 0.15) is 6.04 Å². The molecule has 2 aromatic carbocycles. The third-order valence-electron chi connectivity index (χ3n) is 3.59. The molecule has 0 radical (unpaired) electrons. The first-order chi connectivity index (χ1) is 13.1. The Bertz CT molecular complexity index is 978. The van der Waals surface area contributed by atoms with Crippen LogP contribution in [0.2, 0.25) is 0 Å². The molecule has 0 spiro atoms. The topological polar surface area (TPSA) is 102 Å². The number of esters is 1. The zero-order valence-corrected chi connectivity index (χ0v) is 15.8. The van der Waals surface area contributed by atoms with E-state index in [4.69, 9.17) is 4.74 Å². The molecule has 1 atom stereocenters. The Balaban J connectivity index is 2.08. The molecule has 2 N–H and O–H groups in total. The predicted octanol–water partition coefficient (Wildman–Crippen LogP) is 2.45. The second-order valence-corrected chi connectivity index (χ2v) is 7.39. The van der Waals surface area contributed by atoms with Gasteiger partial charge in [0.15, 0.2) is 11.6 Å². The third kappa shape index (κ3) is 5.26. The zero-order valence-electron chi connectivity index (χ0n) is 15.0. The summed E-state index contributed by atoms with van der Waals surface area (Å²) in [5, 5.41) is 2.46. The van der Waals surface area contributed by atoms with Crippen molar-refractivity contribution in [3.63, 3.8) is 0 Å². The summed E-state index contributed by atoms with van der Waals surface area (Å²) in [6.45, 7) is 3.30. The van der Waals surface area contributed by atoms with Gasteiger partial charge in [-0.2, -0.15) is 0 Å². The number of carbonyl (C=O) groups excluding carboxylic acids is 2. The Hall–Kier alpha value is -3.01. The van der Waals surface area contributed by atoms with Gasteiger partial charge in [0.2, 0.25) is 0 Å². The summed E-state index contributed by atoms with van der Waals surface area (Å²) in [4.78, 5) is 23.2. The maximum Gasteiger partial charge on any atom is 0.328 e. The van der Waals surface area contributed by atoms with Gasteiger partial charge < -0.3 is 10.1 Å². The molecule has 1 unspecified atom stereocenters. The van der Waals surface area contributed by atoms with Crippen LogP contribution < -0.4 is 10.0 Å². The van der Waals surface area contributed by atoms with Crippen molar-refractivity contribution in [3.05, 3.63) is 59.7 Å². The molecule has 7 nitrogen and oxygen atoms in total.